The molecule has 1 saturated carbocycles. The minimum Gasteiger partial charge on any atom is -0.422 e. The number of para-hydroxylation sites is 1. The molecule has 134 valence electrons. The van der Waals surface area contributed by atoms with Crippen molar-refractivity contribution in [3.8, 4) is 11.3 Å². The van der Waals surface area contributed by atoms with Crippen LogP contribution >= 0.6 is 11.3 Å². The molecule has 0 atom stereocenters. The molecule has 6 heteroatoms. The number of nitrogens with zero attached hydrogens (tertiary/aromatic N) is 2. The van der Waals surface area contributed by atoms with Gasteiger partial charge in [-0.15, -0.1) is 11.3 Å². The van der Waals surface area contributed by atoms with E-state index in [-0.39, 0.29) is 5.63 Å². The van der Waals surface area contributed by atoms with Crippen LogP contribution in [0.2, 0.25) is 0 Å². The molecule has 2 heterocycles. The predicted molar refractivity (Wildman–Crippen MR) is 107 cm³/mol. The molecule has 0 bridgehead atoms. The first-order valence-electron chi connectivity index (χ1n) is 9.10. The topological polar surface area (TPSA) is 67.5 Å². The normalized spacial score (nSPS) is 15.5. The minimum absolute atomic E-state index is 0.369. The molecular weight excluding hydrogens is 346 g/mol. The van der Waals surface area contributed by atoms with Crippen molar-refractivity contribution in [3.05, 3.63) is 46.1 Å². The summed E-state index contributed by atoms with van der Waals surface area (Å²) in [6.07, 6.45) is 8.45. The van der Waals surface area contributed by atoms with E-state index < -0.39 is 0 Å². The minimum atomic E-state index is -0.369. The zero-order chi connectivity index (χ0) is 17.8. The van der Waals surface area contributed by atoms with Crippen LogP contribution in [0.1, 0.15) is 44.9 Å². The summed E-state index contributed by atoms with van der Waals surface area (Å²) in [5.41, 5.74) is 5.60. The molecular formula is C20H21N3O2S. The molecule has 0 saturated heterocycles. The Balaban J connectivity index is 1.54. The van der Waals surface area contributed by atoms with Crippen molar-refractivity contribution >= 4 is 33.1 Å². The maximum Gasteiger partial charge on any atom is 0.345 e. The Kier molecular flexibility index (Phi) is 5.11. The van der Waals surface area contributed by atoms with Gasteiger partial charge in [0.15, 0.2) is 0 Å². The fraction of sp³-hybridized carbons (Fsp3) is 0.350. The van der Waals surface area contributed by atoms with E-state index in [1.807, 2.05) is 29.6 Å². The third-order valence-electron chi connectivity index (χ3n) is 4.66. The molecule has 0 unspecified atom stereocenters. The summed E-state index contributed by atoms with van der Waals surface area (Å²) < 4.78 is 5.40. The molecule has 1 aliphatic carbocycles. The first-order chi connectivity index (χ1) is 12.8. The second kappa shape index (κ2) is 7.83. The fourth-order valence-corrected chi connectivity index (χ4v) is 3.89. The molecule has 0 radical (unpaired) electrons. The summed E-state index contributed by atoms with van der Waals surface area (Å²) in [7, 11) is 0. The van der Waals surface area contributed by atoms with Crippen molar-refractivity contribution in [1.29, 1.82) is 0 Å². The molecule has 1 aliphatic rings. The smallest absolute Gasteiger partial charge is 0.345 e. The SMILES string of the molecule is O=c1oc2ccccc2cc1-c1csc(NN=C2CCCCCCC2)n1. The Hall–Kier alpha value is -2.47. The van der Waals surface area contributed by atoms with Crippen molar-refractivity contribution in [2.24, 2.45) is 5.10 Å². The zero-order valence-corrected chi connectivity index (χ0v) is 15.3. The molecule has 0 amide bonds. The Morgan fingerprint density at radius 1 is 1.08 bits per heavy atom. The lowest BCUT2D eigenvalue weighted by Gasteiger charge is -2.10. The number of hydrogen-bond acceptors (Lipinski definition) is 6. The fourth-order valence-electron chi connectivity index (χ4n) is 3.24. The third kappa shape index (κ3) is 3.85. The summed E-state index contributed by atoms with van der Waals surface area (Å²) >= 11 is 1.45. The first kappa shape index (κ1) is 17.0. The number of thiazole rings is 1. The van der Waals surface area contributed by atoms with Gasteiger partial charge in [0.05, 0.1) is 11.3 Å². The Labute approximate surface area is 155 Å². The van der Waals surface area contributed by atoms with Gasteiger partial charge < -0.3 is 4.42 Å². The second-order valence-corrected chi connectivity index (χ2v) is 7.44. The van der Waals surface area contributed by atoms with Crippen molar-refractivity contribution < 1.29 is 4.42 Å². The summed E-state index contributed by atoms with van der Waals surface area (Å²) in [4.78, 5) is 16.8. The highest BCUT2D eigenvalue weighted by atomic mass is 32.1. The lowest BCUT2D eigenvalue weighted by molar-refractivity contribution is 0.563. The van der Waals surface area contributed by atoms with E-state index in [4.69, 9.17) is 4.42 Å². The molecule has 1 aromatic carbocycles. The summed E-state index contributed by atoms with van der Waals surface area (Å²) in [5.74, 6) is 0. The lowest BCUT2D eigenvalue weighted by Crippen LogP contribution is -2.05. The van der Waals surface area contributed by atoms with Gasteiger partial charge >= 0.3 is 5.63 Å². The average Bonchev–Trinajstić information content (AvgIpc) is 3.09. The molecule has 1 N–H and O–H groups in total. The number of hydrogen-bond donors (Lipinski definition) is 1. The van der Waals surface area contributed by atoms with Crippen LogP contribution in [0.3, 0.4) is 0 Å². The van der Waals surface area contributed by atoms with Crippen LogP contribution in [0.25, 0.3) is 22.2 Å². The van der Waals surface area contributed by atoms with Crippen LogP contribution in [-0.2, 0) is 0 Å². The van der Waals surface area contributed by atoms with Crippen molar-refractivity contribution in [1.82, 2.24) is 4.98 Å². The molecule has 1 fully saturated rings. The Morgan fingerprint density at radius 3 is 2.69 bits per heavy atom. The van der Waals surface area contributed by atoms with E-state index in [1.165, 1.54) is 49.2 Å². The molecule has 26 heavy (non-hydrogen) atoms. The standard InChI is InChI=1S/C20H21N3O2S/c24-19-16(12-14-8-6-7-11-18(14)25-19)17-13-26-20(21-17)23-22-15-9-4-2-1-3-5-10-15/h6-8,11-13H,1-5,9-10H2,(H,21,23). The molecule has 0 aliphatic heterocycles. The number of anilines is 1. The van der Waals surface area contributed by atoms with Gasteiger partial charge in [-0.2, -0.15) is 5.10 Å². The highest BCUT2D eigenvalue weighted by molar-refractivity contribution is 7.14. The number of hydrazone groups is 1. The van der Waals surface area contributed by atoms with Crippen LogP contribution in [0.4, 0.5) is 5.13 Å². The van der Waals surface area contributed by atoms with Gasteiger partial charge in [-0.1, -0.05) is 37.5 Å². The van der Waals surface area contributed by atoms with E-state index >= 15 is 0 Å². The maximum atomic E-state index is 12.3. The molecule has 5 nitrogen and oxygen atoms in total. The number of rotatable bonds is 3. The van der Waals surface area contributed by atoms with E-state index in [1.54, 1.807) is 6.07 Å². The third-order valence-corrected chi connectivity index (χ3v) is 5.41. The van der Waals surface area contributed by atoms with Crippen LogP contribution in [0.15, 0.2) is 50.0 Å². The lowest BCUT2D eigenvalue weighted by atomic mass is 9.99. The average molecular weight is 367 g/mol. The molecule has 3 aromatic rings. The van der Waals surface area contributed by atoms with Crippen molar-refractivity contribution in [3.63, 3.8) is 0 Å². The van der Waals surface area contributed by atoms with Crippen LogP contribution in [-0.4, -0.2) is 10.7 Å². The highest BCUT2D eigenvalue weighted by Crippen LogP contribution is 2.25. The predicted octanol–water partition coefficient (Wildman–Crippen LogP) is 5.43. The van der Waals surface area contributed by atoms with Gasteiger partial charge in [0.2, 0.25) is 5.13 Å². The highest BCUT2D eigenvalue weighted by Gasteiger charge is 2.12. The molecule has 4 rings (SSSR count). The van der Waals surface area contributed by atoms with Gasteiger partial charge in [-0.25, -0.2) is 9.78 Å². The second-order valence-electron chi connectivity index (χ2n) is 6.58. The summed E-state index contributed by atoms with van der Waals surface area (Å²) in [5, 5.41) is 7.99. The number of benzene rings is 1. The Bertz CT molecular complexity index is 980. The van der Waals surface area contributed by atoms with E-state index in [0.717, 1.165) is 18.2 Å². The van der Waals surface area contributed by atoms with Crippen LogP contribution in [0, 0.1) is 0 Å². The first-order valence-corrected chi connectivity index (χ1v) is 9.98. The van der Waals surface area contributed by atoms with Gasteiger partial charge in [-0.3, -0.25) is 5.43 Å². The van der Waals surface area contributed by atoms with E-state index in [2.05, 4.69) is 15.5 Å². The quantitative estimate of drug-likeness (QED) is 0.495. The van der Waals surface area contributed by atoms with Gasteiger partial charge in [0, 0.05) is 16.5 Å². The van der Waals surface area contributed by atoms with Crippen LogP contribution < -0.4 is 11.1 Å². The molecule has 2 aromatic heterocycles. The zero-order valence-electron chi connectivity index (χ0n) is 14.5. The molecule has 0 spiro atoms. The number of fused-ring (bicyclic) bond motifs is 1. The van der Waals surface area contributed by atoms with E-state index in [9.17, 15) is 4.79 Å². The van der Waals surface area contributed by atoms with E-state index in [0.29, 0.717) is 22.0 Å². The monoisotopic (exact) mass is 367 g/mol. The maximum absolute atomic E-state index is 12.3. The van der Waals surface area contributed by atoms with Crippen LogP contribution in [0.5, 0.6) is 0 Å². The summed E-state index contributed by atoms with van der Waals surface area (Å²) in [6, 6.07) is 9.32. The van der Waals surface area contributed by atoms with Crippen molar-refractivity contribution in [2.75, 3.05) is 5.43 Å². The summed E-state index contributed by atoms with van der Waals surface area (Å²) in [6.45, 7) is 0. The number of nitrogens with one attached hydrogen (secondary N) is 1. The van der Waals surface area contributed by atoms with Gasteiger partial charge in [0.1, 0.15) is 5.58 Å². The van der Waals surface area contributed by atoms with Crippen molar-refractivity contribution in [2.45, 2.75) is 44.9 Å². The Morgan fingerprint density at radius 2 is 1.85 bits per heavy atom. The van der Waals surface area contributed by atoms with Gasteiger partial charge in [0.25, 0.3) is 0 Å². The largest absolute Gasteiger partial charge is 0.422 e. The number of aromatic nitrogens is 1. The van der Waals surface area contributed by atoms with Gasteiger partial charge in [-0.05, 0) is 37.8 Å².